The second kappa shape index (κ2) is 6.86. The highest BCUT2D eigenvalue weighted by molar-refractivity contribution is 5.77. The van der Waals surface area contributed by atoms with Gasteiger partial charge in [-0.1, -0.05) is 19.8 Å². The Morgan fingerprint density at radius 2 is 2.19 bits per heavy atom. The Morgan fingerprint density at radius 1 is 1.50 bits per heavy atom. The molecule has 2 N–H and O–H groups in total. The molecule has 0 aromatic heterocycles. The third-order valence-corrected chi connectivity index (χ3v) is 3.06. The van der Waals surface area contributed by atoms with E-state index in [-0.39, 0.29) is 18.6 Å². The summed E-state index contributed by atoms with van der Waals surface area (Å²) in [5.74, 6) is 0.414. The topological polar surface area (TPSA) is 58.6 Å². The van der Waals surface area contributed by atoms with E-state index in [0.717, 1.165) is 6.42 Å². The fourth-order valence-corrected chi connectivity index (χ4v) is 2.03. The highest BCUT2D eigenvalue weighted by Crippen LogP contribution is 2.25. The van der Waals surface area contributed by atoms with Crippen LogP contribution in [0.2, 0.25) is 0 Å². The van der Waals surface area contributed by atoms with Crippen LogP contribution in [0.4, 0.5) is 0 Å². The van der Waals surface area contributed by atoms with E-state index in [1.54, 1.807) is 6.92 Å². The minimum Gasteiger partial charge on any atom is -0.392 e. The second-order valence-electron chi connectivity index (χ2n) is 4.76. The molecule has 4 nitrogen and oxygen atoms in total. The molecule has 3 unspecified atom stereocenters. The average molecular weight is 229 g/mol. The van der Waals surface area contributed by atoms with Gasteiger partial charge < -0.3 is 15.2 Å². The molecular formula is C12H23NO3. The number of aliphatic hydroxyl groups is 1. The molecule has 1 aliphatic rings. The van der Waals surface area contributed by atoms with E-state index in [1.165, 1.54) is 19.3 Å². The zero-order valence-electron chi connectivity index (χ0n) is 10.2. The largest absolute Gasteiger partial charge is 0.392 e. The summed E-state index contributed by atoms with van der Waals surface area (Å²) in [7, 11) is 0. The Balaban J connectivity index is 2.15. The van der Waals surface area contributed by atoms with Crippen molar-refractivity contribution in [2.75, 3.05) is 13.2 Å². The van der Waals surface area contributed by atoms with Crippen LogP contribution in [0.3, 0.4) is 0 Å². The van der Waals surface area contributed by atoms with Crippen LogP contribution in [0.25, 0.3) is 0 Å². The van der Waals surface area contributed by atoms with Gasteiger partial charge in [-0.15, -0.1) is 0 Å². The van der Waals surface area contributed by atoms with Gasteiger partial charge in [-0.3, -0.25) is 4.79 Å². The van der Waals surface area contributed by atoms with Crippen LogP contribution in [-0.4, -0.2) is 36.4 Å². The number of nitrogens with one attached hydrogen (secondary N) is 1. The van der Waals surface area contributed by atoms with Crippen LogP contribution in [0.15, 0.2) is 0 Å². The zero-order chi connectivity index (χ0) is 12.0. The molecule has 3 atom stereocenters. The molecule has 0 heterocycles. The predicted octanol–water partition coefficient (Wildman–Crippen LogP) is 1.08. The van der Waals surface area contributed by atoms with Gasteiger partial charge in [-0.2, -0.15) is 0 Å². The van der Waals surface area contributed by atoms with Gasteiger partial charge in [0.05, 0.1) is 12.2 Å². The lowest BCUT2D eigenvalue weighted by Crippen LogP contribution is -2.36. The van der Waals surface area contributed by atoms with Gasteiger partial charge in [-0.05, 0) is 25.7 Å². The summed E-state index contributed by atoms with van der Waals surface area (Å²) >= 11 is 0. The summed E-state index contributed by atoms with van der Waals surface area (Å²) in [5, 5.41) is 11.6. The maximum absolute atomic E-state index is 11.3. The molecule has 16 heavy (non-hydrogen) atoms. The number of rotatable bonds is 5. The van der Waals surface area contributed by atoms with Crippen molar-refractivity contribution in [1.29, 1.82) is 0 Å². The number of carbonyl (C=O) groups excluding carboxylic acids is 1. The quantitative estimate of drug-likeness (QED) is 0.741. The first-order valence-corrected chi connectivity index (χ1v) is 6.16. The molecule has 1 aliphatic carbocycles. The summed E-state index contributed by atoms with van der Waals surface area (Å²) in [6, 6.07) is 0. The van der Waals surface area contributed by atoms with E-state index in [1.807, 2.05) is 0 Å². The van der Waals surface area contributed by atoms with Gasteiger partial charge in [0.1, 0.15) is 6.61 Å². The van der Waals surface area contributed by atoms with Gasteiger partial charge in [0.15, 0.2) is 0 Å². The average Bonchev–Trinajstić information content (AvgIpc) is 2.25. The summed E-state index contributed by atoms with van der Waals surface area (Å²) in [5.41, 5.74) is 0. The van der Waals surface area contributed by atoms with Crippen LogP contribution in [0.1, 0.15) is 39.5 Å². The highest BCUT2D eigenvalue weighted by Gasteiger charge is 2.22. The minimum absolute atomic E-state index is 0.113. The van der Waals surface area contributed by atoms with Gasteiger partial charge in [0.2, 0.25) is 5.91 Å². The lowest BCUT2D eigenvalue weighted by Gasteiger charge is -2.28. The van der Waals surface area contributed by atoms with E-state index in [0.29, 0.717) is 12.5 Å². The predicted molar refractivity (Wildman–Crippen MR) is 62.1 cm³/mol. The van der Waals surface area contributed by atoms with E-state index in [9.17, 15) is 4.79 Å². The SMILES string of the molecule is CC(O)CNC(=O)COC1CCCCC1C. The maximum atomic E-state index is 11.3. The van der Waals surface area contributed by atoms with Crippen LogP contribution in [-0.2, 0) is 9.53 Å². The number of ether oxygens (including phenoxy) is 1. The first-order chi connectivity index (χ1) is 7.59. The number of amides is 1. The van der Waals surface area contributed by atoms with Crippen molar-refractivity contribution < 1.29 is 14.6 Å². The van der Waals surface area contributed by atoms with E-state index < -0.39 is 6.10 Å². The van der Waals surface area contributed by atoms with E-state index in [4.69, 9.17) is 9.84 Å². The van der Waals surface area contributed by atoms with Crippen LogP contribution in [0.5, 0.6) is 0 Å². The van der Waals surface area contributed by atoms with Crippen LogP contribution in [0, 0.1) is 5.92 Å². The van der Waals surface area contributed by atoms with Gasteiger partial charge in [-0.25, -0.2) is 0 Å². The molecule has 0 bridgehead atoms. The fraction of sp³-hybridized carbons (Fsp3) is 0.917. The molecule has 4 heteroatoms. The first-order valence-electron chi connectivity index (χ1n) is 6.16. The maximum Gasteiger partial charge on any atom is 0.246 e. The highest BCUT2D eigenvalue weighted by atomic mass is 16.5. The monoisotopic (exact) mass is 229 g/mol. The molecule has 0 radical (unpaired) electrons. The van der Waals surface area contributed by atoms with E-state index >= 15 is 0 Å². The Kier molecular flexibility index (Phi) is 5.77. The molecule has 0 aromatic rings. The summed E-state index contributed by atoms with van der Waals surface area (Å²) in [6.07, 6.45) is 4.45. The summed E-state index contributed by atoms with van der Waals surface area (Å²) < 4.78 is 5.60. The molecule has 0 spiro atoms. The molecule has 1 amide bonds. The molecule has 1 fully saturated rings. The Morgan fingerprint density at radius 3 is 2.81 bits per heavy atom. The van der Waals surface area contributed by atoms with Crippen LogP contribution < -0.4 is 5.32 Å². The molecule has 0 aromatic carbocycles. The normalized spacial score (nSPS) is 27.4. The molecule has 1 saturated carbocycles. The molecular weight excluding hydrogens is 206 g/mol. The van der Waals surface area contributed by atoms with Crippen molar-refractivity contribution in [3.05, 3.63) is 0 Å². The molecule has 1 rings (SSSR count). The third kappa shape index (κ3) is 4.94. The third-order valence-electron chi connectivity index (χ3n) is 3.06. The van der Waals surface area contributed by atoms with Crippen molar-refractivity contribution >= 4 is 5.91 Å². The minimum atomic E-state index is -0.502. The van der Waals surface area contributed by atoms with E-state index in [2.05, 4.69) is 12.2 Å². The van der Waals surface area contributed by atoms with Crippen molar-refractivity contribution in [2.24, 2.45) is 5.92 Å². The number of carbonyl (C=O) groups is 1. The molecule has 0 aliphatic heterocycles. The Labute approximate surface area is 97.4 Å². The summed E-state index contributed by atoms with van der Waals surface area (Å²) in [4.78, 5) is 11.3. The standard InChI is InChI=1S/C12H23NO3/c1-9-5-3-4-6-11(9)16-8-12(15)13-7-10(2)14/h9-11,14H,3-8H2,1-2H3,(H,13,15). The van der Waals surface area contributed by atoms with Crippen molar-refractivity contribution in [3.63, 3.8) is 0 Å². The van der Waals surface area contributed by atoms with Crippen molar-refractivity contribution in [1.82, 2.24) is 5.32 Å². The summed E-state index contributed by atoms with van der Waals surface area (Å²) in [6.45, 7) is 4.23. The van der Waals surface area contributed by atoms with Gasteiger partial charge in [0, 0.05) is 6.54 Å². The van der Waals surface area contributed by atoms with Gasteiger partial charge in [0.25, 0.3) is 0 Å². The van der Waals surface area contributed by atoms with Crippen molar-refractivity contribution in [3.8, 4) is 0 Å². The lowest BCUT2D eigenvalue weighted by atomic mass is 9.88. The smallest absolute Gasteiger partial charge is 0.246 e. The molecule has 94 valence electrons. The second-order valence-corrected chi connectivity index (χ2v) is 4.76. The first kappa shape index (κ1) is 13.5. The number of hydrogen-bond acceptors (Lipinski definition) is 3. The lowest BCUT2D eigenvalue weighted by molar-refractivity contribution is -0.130. The number of hydrogen-bond donors (Lipinski definition) is 2. The van der Waals surface area contributed by atoms with Crippen LogP contribution >= 0.6 is 0 Å². The zero-order valence-corrected chi connectivity index (χ0v) is 10.2. The Hall–Kier alpha value is -0.610. The molecule has 0 saturated heterocycles. The number of aliphatic hydroxyl groups excluding tert-OH is 1. The van der Waals surface area contributed by atoms with Crippen molar-refractivity contribution in [2.45, 2.75) is 51.7 Å². The Bertz CT molecular complexity index is 218. The fourth-order valence-electron chi connectivity index (χ4n) is 2.03. The van der Waals surface area contributed by atoms with Gasteiger partial charge >= 0.3 is 0 Å².